The van der Waals surface area contributed by atoms with Gasteiger partial charge in [-0.15, -0.1) is 0 Å². The molecule has 2 aromatic rings. The largest absolute Gasteiger partial charge is 0.493 e. The molecule has 7 nitrogen and oxygen atoms in total. The van der Waals surface area contributed by atoms with E-state index in [1.54, 1.807) is 49.6 Å². The number of amides is 1. The molecule has 27 heavy (non-hydrogen) atoms. The summed E-state index contributed by atoms with van der Waals surface area (Å²) in [6, 6.07) is 11.7. The number of halogens is 1. The number of para-hydroxylation sites is 1. The van der Waals surface area contributed by atoms with Gasteiger partial charge < -0.3 is 19.6 Å². The number of benzene rings is 2. The van der Waals surface area contributed by atoms with Crippen LogP contribution in [0.1, 0.15) is 15.9 Å². The number of hydrogen-bond acceptors (Lipinski definition) is 6. The molecule has 3 N–H and O–H groups in total. The van der Waals surface area contributed by atoms with E-state index in [-0.39, 0.29) is 5.56 Å². The number of alkyl halides is 1. The zero-order valence-electron chi connectivity index (χ0n) is 14.6. The van der Waals surface area contributed by atoms with Crippen LogP contribution in [-0.4, -0.2) is 30.9 Å². The first-order valence-corrected chi connectivity index (χ1v) is 9.07. The molecule has 0 atom stereocenters. The second-order valence-electron chi connectivity index (χ2n) is 5.22. The average Bonchev–Trinajstić information content (AvgIpc) is 2.70. The minimum Gasteiger partial charge on any atom is -0.493 e. The molecular formula is C19H19BrN2O5. The van der Waals surface area contributed by atoms with Crippen molar-refractivity contribution in [1.82, 2.24) is 0 Å². The molecule has 0 radical (unpaired) electrons. The van der Waals surface area contributed by atoms with E-state index in [2.05, 4.69) is 26.1 Å². The second kappa shape index (κ2) is 10.3. The van der Waals surface area contributed by atoms with E-state index >= 15 is 0 Å². The fourth-order valence-corrected chi connectivity index (χ4v) is 2.40. The fraction of sp³-hybridized carbons (Fsp3) is 0.158. The van der Waals surface area contributed by atoms with Crippen molar-refractivity contribution in [3.63, 3.8) is 0 Å². The predicted molar refractivity (Wildman–Crippen MR) is 106 cm³/mol. The number of anilines is 1. The Kier molecular flexibility index (Phi) is 7.84. The van der Waals surface area contributed by atoms with Crippen LogP contribution >= 0.6 is 15.9 Å². The smallest absolute Gasteiger partial charge is 0.358 e. The van der Waals surface area contributed by atoms with E-state index in [4.69, 9.17) is 15.4 Å². The van der Waals surface area contributed by atoms with Crippen LogP contribution in [0.2, 0.25) is 0 Å². The lowest BCUT2D eigenvalue weighted by Crippen LogP contribution is -2.15. The first-order valence-electron chi connectivity index (χ1n) is 7.95. The van der Waals surface area contributed by atoms with E-state index in [0.29, 0.717) is 29.1 Å². The summed E-state index contributed by atoms with van der Waals surface area (Å²) in [5.74, 6) is 4.94. The number of nitrogens with two attached hydrogens (primary N) is 1. The van der Waals surface area contributed by atoms with Crippen LogP contribution in [0.5, 0.6) is 11.5 Å². The Balaban J connectivity index is 2.10. The zero-order valence-corrected chi connectivity index (χ0v) is 16.2. The van der Waals surface area contributed by atoms with Gasteiger partial charge in [-0.2, -0.15) is 5.90 Å². The number of carbonyl (C=O) groups excluding carboxylic acids is 2. The summed E-state index contributed by atoms with van der Waals surface area (Å²) in [6.45, 7) is 0.512. The zero-order chi connectivity index (χ0) is 19.6. The van der Waals surface area contributed by atoms with Crippen molar-refractivity contribution in [1.29, 1.82) is 0 Å². The van der Waals surface area contributed by atoms with Crippen molar-refractivity contribution in [2.24, 2.45) is 5.90 Å². The summed E-state index contributed by atoms with van der Waals surface area (Å²) in [7, 11) is 1.55. The van der Waals surface area contributed by atoms with Crippen molar-refractivity contribution in [2.45, 2.75) is 0 Å². The third-order valence-corrected chi connectivity index (χ3v) is 3.79. The highest BCUT2D eigenvalue weighted by atomic mass is 79.9. The van der Waals surface area contributed by atoms with E-state index in [0.717, 1.165) is 5.56 Å². The monoisotopic (exact) mass is 434 g/mol. The maximum absolute atomic E-state index is 12.2. The van der Waals surface area contributed by atoms with Gasteiger partial charge in [0, 0.05) is 11.4 Å². The van der Waals surface area contributed by atoms with Gasteiger partial charge in [-0.1, -0.05) is 34.1 Å². The Morgan fingerprint density at radius 3 is 2.67 bits per heavy atom. The molecule has 0 heterocycles. The summed E-state index contributed by atoms with van der Waals surface area (Å²) in [4.78, 5) is 28.0. The maximum atomic E-state index is 12.2. The summed E-state index contributed by atoms with van der Waals surface area (Å²) >= 11 is 3.30. The Hall–Kier alpha value is -2.84. The maximum Gasteiger partial charge on any atom is 0.358 e. The minimum atomic E-state index is -0.737. The Morgan fingerprint density at radius 1 is 1.19 bits per heavy atom. The van der Waals surface area contributed by atoms with Crippen LogP contribution in [-0.2, 0) is 9.63 Å². The summed E-state index contributed by atoms with van der Waals surface area (Å²) in [5.41, 5.74) is 1.22. The molecule has 0 fully saturated rings. The molecule has 2 rings (SSSR count). The highest BCUT2D eigenvalue weighted by Crippen LogP contribution is 2.28. The van der Waals surface area contributed by atoms with Gasteiger partial charge in [0.15, 0.2) is 11.5 Å². The molecule has 8 heteroatoms. The van der Waals surface area contributed by atoms with E-state index in [1.807, 2.05) is 0 Å². The summed E-state index contributed by atoms with van der Waals surface area (Å²) in [6.07, 6.45) is 2.97. The third-order valence-electron chi connectivity index (χ3n) is 3.46. The van der Waals surface area contributed by atoms with E-state index in [9.17, 15) is 9.59 Å². The average molecular weight is 435 g/mol. The van der Waals surface area contributed by atoms with Crippen LogP contribution in [0.3, 0.4) is 0 Å². The Labute approximate surface area is 165 Å². The van der Waals surface area contributed by atoms with Crippen LogP contribution in [0.25, 0.3) is 6.08 Å². The van der Waals surface area contributed by atoms with Crippen LogP contribution in [0.4, 0.5) is 5.69 Å². The first kappa shape index (κ1) is 20.5. The fourth-order valence-electron chi connectivity index (χ4n) is 2.24. The normalized spacial score (nSPS) is 10.5. The Bertz CT molecular complexity index is 839. The topological polar surface area (TPSA) is 99.9 Å². The van der Waals surface area contributed by atoms with Crippen LogP contribution < -0.4 is 20.7 Å². The van der Waals surface area contributed by atoms with Gasteiger partial charge in [0.2, 0.25) is 5.91 Å². The molecule has 0 spiro atoms. The summed E-state index contributed by atoms with van der Waals surface area (Å²) in [5, 5.41) is 3.33. The molecule has 2 aromatic carbocycles. The number of nitrogens with one attached hydrogen (secondary N) is 1. The van der Waals surface area contributed by atoms with Crippen LogP contribution in [0.15, 0.2) is 48.5 Å². The molecule has 1 amide bonds. The lowest BCUT2D eigenvalue weighted by molar-refractivity contribution is -0.111. The quantitative estimate of drug-likeness (QED) is 0.376. The number of carbonyl (C=O) groups is 2. The van der Waals surface area contributed by atoms with Gasteiger partial charge in [0.1, 0.15) is 0 Å². The highest BCUT2D eigenvalue weighted by Gasteiger charge is 2.12. The van der Waals surface area contributed by atoms with Crippen molar-refractivity contribution < 1.29 is 23.9 Å². The van der Waals surface area contributed by atoms with Gasteiger partial charge in [-0.3, -0.25) is 4.79 Å². The first-order chi connectivity index (χ1) is 13.1. The lowest BCUT2D eigenvalue weighted by atomic mass is 10.1. The van der Waals surface area contributed by atoms with Crippen molar-refractivity contribution in [2.75, 3.05) is 24.4 Å². The summed E-state index contributed by atoms with van der Waals surface area (Å²) < 4.78 is 10.9. The standard InChI is InChI=1S/C19H19BrN2O5/c1-25-17-12-13(6-8-16(17)26-11-10-20)7-9-18(23)22-15-5-3-2-4-14(15)19(24)27-21/h2-9,12H,10-11,21H2,1H3,(H,22,23)/b9-7+. The molecule has 0 saturated heterocycles. The van der Waals surface area contributed by atoms with Crippen molar-refractivity contribution in [3.8, 4) is 11.5 Å². The highest BCUT2D eigenvalue weighted by molar-refractivity contribution is 9.09. The molecule has 0 saturated carbocycles. The molecule has 0 aliphatic rings. The minimum absolute atomic E-state index is 0.164. The lowest BCUT2D eigenvalue weighted by Gasteiger charge is -2.10. The molecular weight excluding hydrogens is 416 g/mol. The molecule has 0 aromatic heterocycles. The van der Waals surface area contributed by atoms with E-state index in [1.165, 1.54) is 12.1 Å². The number of ether oxygens (including phenoxy) is 2. The predicted octanol–water partition coefficient (Wildman–Crippen LogP) is 3.15. The molecule has 0 aliphatic heterocycles. The molecule has 0 aliphatic carbocycles. The number of methoxy groups -OCH3 is 1. The van der Waals surface area contributed by atoms with Crippen molar-refractivity contribution in [3.05, 3.63) is 59.7 Å². The van der Waals surface area contributed by atoms with Crippen LogP contribution in [0, 0.1) is 0 Å². The number of hydrogen-bond donors (Lipinski definition) is 2. The van der Waals surface area contributed by atoms with Gasteiger partial charge in [-0.05, 0) is 35.9 Å². The van der Waals surface area contributed by atoms with Gasteiger partial charge in [0.05, 0.1) is 25.0 Å². The van der Waals surface area contributed by atoms with Gasteiger partial charge in [-0.25, -0.2) is 4.79 Å². The molecule has 0 bridgehead atoms. The van der Waals surface area contributed by atoms with Gasteiger partial charge in [0.25, 0.3) is 0 Å². The van der Waals surface area contributed by atoms with Crippen molar-refractivity contribution >= 4 is 39.6 Å². The number of rotatable bonds is 8. The van der Waals surface area contributed by atoms with E-state index < -0.39 is 11.9 Å². The second-order valence-corrected chi connectivity index (χ2v) is 6.01. The van der Waals surface area contributed by atoms with Gasteiger partial charge >= 0.3 is 5.97 Å². The SMILES string of the molecule is COc1cc(/C=C/C(=O)Nc2ccccc2C(=O)ON)ccc1OCCBr. The molecule has 0 unspecified atom stereocenters. The molecule has 142 valence electrons. The Morgan fingerprint density at radius 2 is 1.96 bits per heavy atom. The third kappa shape index (κ3) is 5.83.